The third kappa shape index (κ3) is 3.27. The van der Waals surface area contributed by atoms with Crippen LogP contribution in [0.1, 0.15) is 25.5 Å². The zero-order valence-electron chi connectivity index (χ0n) is 18.3. The minimum atomic E-state index is -1.22. The number of para-hydroxylation sites is 1. The van der Waals surface area contributed by atoms with Gasteiger partial charge >= 0.3 is 0 Å². The van der Waals surface area contributed by atoms with Crippen LogP contribution in [0.15, 0.2) is 78.9 Å². The molecule has 0 spiro atoms. The van der Waals surface area contributed by atoms with Gasteiger partial charge in [0.2, 0.25) is 5.91 Å². The second-order valence-electron chi connectivity index (χ2n) is 8.29. The van der Waals surface area contributed by atoms with Crippen molar-refractivity contribution in [3.05, 3.63) is 90.2 Å². The highest BCUT2D eigenvalue weighted by Gasteiger charge is 2.68. The number of halogens is 1. The van der Waals surface area contributed by atoms with Gasteiger partial charge in [-0.3, -0.25) is 14.4 Å². The number of rotatable bonds is 5. The lowest BCUT2D eigenvalue weighted by molar-refractivity contribution is -0.128. The standard InChI is InChI=1S/C26H23FN2O4/c1-3-32-21-15-13-19(14-16-21)28-24(30)23-26(2,25(28)31)22(17-9-11-18(27)12-10-17)29(33-23)20-7-5-4-6-8-20/h4-16,22-23H,3H2,1-2H3. The molecule has 2 fully saturated rings. The van der Waals surface area contributed by atoms with Crippen LogP contribution in [0.2, 0.25) is 0 Å². The van der Waals surface area contributed by atoms with E-state index in [2.05, 4.69) is 0 Å². The van der Waals surface area contributed by atoms with Gasteiger partial charge in [-0.25, -0.2) is 14.4 Å². The van der Waals surface area contributed by atoms with Crippen molar-refractivity contribution < 1.29 is 23.6 Å². The van der Waals surface area contributed by atoms with E-state index in [1.54, 1.807) is 48.4 Å². The van der Waals surface area contributed by atoms with E-state index in [-0.39, 0.29) is 11.7 Å². The fourth-order valence-electron chi connectivity index (χ4n) is 4.67. The molecular weight excluding hydrogens is 423 g/mol. The highest BCUT2D eigenvalue weighted by atomic mass is 19.1. The first-order valence-electron chi connectivity index (χ1n) is 10.8. The van der Waals surface area contributed by atoms with Gasteiger partial charge in [0.05, 0.1) is 24.0 Å². The third-order valence-electron chi connectivity index (χ3n) is 6.28. The van der Waals surface area contributed by atoms with Crippen molar-refractivity contribution in [3.8, 4) is 5.75 Å². The predicted octanol–water partition coefficient (Wildman–Crippen LogP) is 4.67. The largest absolute Gasteiger partial charge is 0.494 e. The molecule has 6 nitrogen and oxygen atoms in total. The SMILES string of the molecule is CCOc1ccc(N2C(=O)C3ON(c4ccccc4)C(c4ccc(F)cc4)C3(C)C2=O)cc1. The molecule has 0 aliphatic carbocycles. The number of nitrogens with zero attached hydrogens (tertiary/aromatic N) is 2. The molecule has 2 aliphatic rings. The summed E-state index contributed by atoms with van der Waals surface area (Å²) in [7, 11) is 0. The molecule has 7 heteroatoms. The highest BCUT2D eigenvalue weighted by Crippen LogP contribution is 2.55. The monoisotopic (exact) mass is 446 g/mol. The third-order valence-corrected chi connectivity index (χ3v) is 6.28. The summed E-state index contributed by atoms with van der Waals surface area (Å²) in [5.41, 5.74) is 0.621. The molecule has 0 saturated carbocycles. The number of carbonyl (C=O) groups is 2. The van der Waals surface area contributed by atoms with Gasteiger partial charge in [0.15, 0.2) is 6.10 Å². The number of benzene rings is 3. The van der Waals surface area contributed by atoms with Crippen LogP contribution in [-0.2, 0) is 14.4 Å². The maximum Gasteiger partial charge on any atom is 0.266 e. The van der Waals surface area contributed by atoms with Gasteiger partial charge in [0.25, 0.3) is 5.91 Å². The molecule has 0 radical (unpaired) electrons. The van der Waals surface area contributed by atoms with Crippen molar-refractivity contribution in [3.63, 3.8) is 0 Å². The van der Waals surface area contributed by atoms with Gasteiger partial charge in [0.1, 0.15) is 17.0 Å². The van der Waals surface area contributed by atoms with Crippen LogP contribution >= 0.6 is 0 Å². The molecule has 0 N–H and O–H groups in total. The molecule has 2 amide bonds. The van der Waals surface area contributed by atoms with Crippen molar-refractivity contribution in [1.29, 1.82) is 0 Å². The lowest BCUT2D eigenvalue weighted by Gasteiger charge is -2.32. The van der Waals surface area contributed by atoms with Crippen molar-refractivity contribution in [1.82, 2.24) is 0 Å². The summed E-state index contributed by atoms with van der Waals surface area (Å²) in [4.78, 5) is 34.7. The van der Waals surface area contributed by atoms with E-state index < -0.39 is 23.5 Å². The summed E-state index contributed by atoms with van der Waals surface area (Å²) in [5, 5.41) is 1.60. The Bertz CT molecular complexity index is 1180. The zero-order chi connectivity index (χ0) is 23.2. The van der Waals surface area contributed by atoms with Crippen LogP contribution < -0.4 is 14.7 Å². The molecule has 3 aromatic rings. The average molecular weight is 446 g/mol. The van der Waals surface area contributed by atoms with Crippen molar-refractivity contribution in [2.24, 2.45) is 5.41 Å². The molecule has 3 unspecified atom stereocenters. The Labute approximate surface area is 191 Å². The van der Waals surface area contributed by atoms with Crippen LogP contribution in [0.3, 0.4) is 0 Å². The van der Waals surface area contributed by atoms with E-state index in [1.165, 1.54) is 17.0 Å². The number of hydrogen-bond donors (Lipinski definition) is 0. The number of amides is 2. The smallest absolute Gasteiger partial charge is 0.266 e. The number of imide groups is 1. The number of hydrogen-bond acceptors (Lipinski definition) is 5. The van der Waals surface area contributed by atoms with Crippen LogP contribution in [-0.4, -0.2) is 24.5 Å². The average Bonchev–Trinajstić information content (AvgIpc) is 3.24. The van der Waals surface area contributed by atoms with E-state index in [0.717, 1.165) is 0 Å². The number of ether oxygens (including phenoxy) is 1. The van der Waals surface area contributed by atoms with Gasteiger partial charge < -0.3 is 4.74 Å². The number of fused-ring (bicyclic) bond motifs is 1. The lowest BCUT2D eigenvalue weighted by atomic mass is 9.76. The molecule has 3 aromatic carbocycles. The second-order valence-corrected chi connectivity index (χ2v) is 8.29. The van der Waals surface area contributed by atoms with Gasteiger partial charge in [-0.1, -0.05) is 30.3 Å². The Morgan fingerprint density at radius 1 is 0.939 bits per heavy atom. The summed E-state index contributed by atoms with van der Waals surface area (Å²) in [6.45, 7) is 4.14. The summed E-state index contributed by atoms with van der Waals surface area (Å²) < 4.78 is 19.2. The summed E-state index contributed by atoms with van der Waals surface area (Å²) in [5.74, 6) is -0.524. The Kier molecular flexibility index (Phi) is 5.13. The normalized spacial score (nSPS) is 24.3. The minimum absolute atomic E-state index is 0.366. The number of carbonyl (C=O) groups excluding carboxylic acids is 2. The van der Waals surface area contributed by atoms with Crippen molar-refractivity contribution in [2.45, 2.75) is 26.0 Å². The fraction of sp³-hybridized carbons (Fsp3) is 0.231. The molecular formula is C26H23FN2O4. The summed E-state index contributed by atoms with van der Waals surface area (Å²) in [6, 6.07) is 21.4. The summed E-state index contributed by atoms with van der Waals surface area (Å²) in [6.07, 6.45) is -1.02. The molecule has 5 rings (SSSR count). The molecule has 2 aliphatic heterocycles. The van der Waals surface area contributed by atoms with Crippen LogP contribution in [0.5, 0.6) is 5.75 Å². The minimum Gasteiger partial charge on any atom is -0.494 e. The Morgan fingerprint density at radius 2 is 1.61 bits per heavy atom. The van der Waals surface area contributed by atoms with E-state index >= 15 is 0 Å². The highest BCUT2D eigenvalue weighted by molar-refractivity contribution is 6.25. The first-order valence-corrected chi connectivity index (χ1v) is 10.8. The molecule has 0 aromatic heterocycles. The predicted molar refractivity (Wildman–Crippen MR) is 121 cm³/mol. The van der Waals surface area contributed by atoms with Gasteiger partial charge in [-0.2, -0.15) is 0 Å². The first-order chi connectivity index (χ1) is 15.9. The van der Waals surface area contributed by atoms with E-state index in [9.17, 15) is 14.0 Å². The molecule has 0 bridgehead atoms. The van der Waals surface area contributed by atoms with Crippen LogP contribution in [0.4, 0.5) is 15.8 Å². The van der Waals surface area contributed by atoms with Crippen LogP contribution in [0.25, 0.3) is 0 Å². The maximum atomic E-state index is 13.9. The van der Waals surface area contributed by atoms with E-state index in [1.807, 2.05) is 37.3 Å². The molecule has 2 heterocycles. The number of anilines is 2. The fourth-order valence-corrected chi connectivity index (χ4v) is 4.67. The molecule has 3 atom stereocenters. The Morgan fingerprint density at radius 3 is 2.24 bits per heavy atom. The van der Waals surface area contributed by atoms with Crippen molar-refractivity contribution >= 4 is 23.2 Å². The molecule has 2 saturated heterocycles. The zero-order valence-corrected chi connectivity index (χ0v) is 18.3. The van der Waals surface area contributed by atoms with Crippen molar-refractivity contribution in [2.75, 3.05) is 16.6 Å². The molecule has 33 heavy (non-hydrogen) atoms. The molecule has 168 valence electrons. The topological polar surface area (TPSA) is 59.1 Å². The van der Waals surface area contributed by atoms with Gasteiger partial charge in [-0.15, -0.1) is 0 Å². The quantitative estimate of drug-likeness (QED) is 0.534. The van der Waals surface area contributed by atoms with E-state index in [4.69, 9.17) is 9.57 Å². The maximum absolute atomic E-state index is 13.9. The van der Waals surface area contributed by atoms with E-state index in [0.29, 0.717) is 29.3 Å². The second kappa shape index (κ2) is 8.01. The summed E-state index contributed by atoms with van der Waals surface area (Å²) >= 11 is 0. The number of hydroxylamine groups is 1. The Balaban J connectivity index is 1.58. The van der Waals surface area contributed by atoms with Crippen LogP contribution in [0, 0.1) is 11.2 Å². The lowest BCUT2D eigenvalue weighted by Crippen LogP contribution is -2.41. The van der Waals surface area contributed by atoms with Gasteiger partial charge in [-0.05, 0) is 67.9 Å². The first kappa shape index (κ1) is 21.2. The Hall–Kier alpha value is -3.71. The van der Waals surface area contributed by atoms with Gasteiger partial charge in [0, 0.05) is 0 Å².